The average molecular weight is 167 g/mol. The molecule has 2 nitrogen and oxygen atoms in total. The summed E-state index contributed by atoms with van der Waals surface area (Å²) in [5, 5.41) is 2.76. The summed E-state index contributed by atoms with van der Waals surface area (Å²) < 4.78 is 41.6. The fraction of sp³-hybridized carbons (Fsp3) is 1.00. The van der Waals surface area contributed by atoms with Crippen LogP contribution in [0.25, 0.3) is 0 Å². The van der Waals surface area contributed by atoms with Crippen molar-refractivity contribution >= 4 is 0 Å². The number of rotatable bonds is 0. The van der Waals surface area contributed by atoms with Gasteiger partial charge in [-0.05, 0) is 0 Å². The van der Waals surface area contributed by atoms with Gasteiger partial charge in [0.1, 0.15) is 0 Å². The maximum absolute atomic E-state index is 12.3. The lowest BCUT2D eigenvalue weighted by atomic mass is 10.0. The van der Waals surface area contributed by atoms with E-state index in [2.05, 4.69) is 5.32 Å². The summed E-state index contributed by atoms with van der Waals surface area (Å²) in [6.07, 6.45) is -4.14. The van der Waals surface area contributed by atoms with Gasteiger partial charge in [-0.3, -0.25) is 0 Å². The zero-order valence-corrected chi connectivity index (χ0v) is 5.74. The summed E-state index contributed by atoms with van der Waals surface area (Å²) in [6, 6.07) is -0.0865. The quantitative estimate of drug-likeness (QED) is 0.572. The molecule has 11 heavy (non-hydrogen) atoms. The Kier molecular flexibility index (Phi) is 1.27. The first-order valence-corrected chi connectivity index (χ1v) is 3.48. The van der Waals surface area contributed by atoms with Gasteiger partial charge in [0.15, 0.2) is 5.60 Å². The number of morpholine rings is 1. The fourth-order valence-corrected chi connectivity index (χ4v) is 1.64. The van der Waals surface area contributed by atoms with Gasteiger partial charge in [0, 0.05) is 19.0 Å². The largest absolute Gasteiger partial charge is 0.418 e. The van der Waals surface area contributed by atoms with Crippen LogP contribution in [0.3, 0.4) is 0 Å². The van der Waals surface area contributed by atoms with Gasteiger partial charge < -0.3 is 10.1 Å². The van der Waals surface area contributed by atoms with Gasteiger partial charge in [-0.15, -0.1) is 0 Å². The fourth-order valence-electron chi connectivity index (χ4n) is 1.64. The van der Waals surface area contributed by atoms with Gasteiger partial charge in [-0.25, -0.2) is 0 Å². The van der Waals surface area contributed by atoms with Crippen molar-refractivity contribution in [1.29, 1.82) is 0 Å². The first-order valence-electron chi connectivity index (χ1n) is 3.48. The molecule has 2 fully saturated rings. The molecule has 2 heterocycles. The van der Waals surface area contributed by atoms with Crippen LogP contribution in [0.15, 0.2) is 0 Å². The Bertz CT molecular complexity index is 171. The Hall–Kier alpha value is -0.290. The number of hydrogen-bond donors (Lipinski definition) is 1. The molecule has 0 amide bonds. The molecule has 0 aliphatic carbocycles. The van der Waals surface area contributed by atoms with Gasteiger partial charge in [0.2, 0.25) is 0 Å². The average Bonchev–Trinajstić information content (AvgIpc) is 2.42. The number of halogens is 3. The molecule has 0 saturated carbocycles. The summed E-state index contributed by atoms with van der Waals surface area (Å²) >= 11 is 0. The first kappa shape index (κ1) is 7.36. The van der Waals surface area contributed by atoms with Gasteiger partial charge in [-0.1, -0.05) is 0 Å². The summed E-state index contributed by atoms with van der Waals surface area (Å²) in [6.45, 7) is 0.112. The van der Waals surface area contributed by atoms with Crippen LogP contribution < -0.4 is 5.32 Å². The molecular weight excluding hydrogens is 159 g/mol. The molecule has 2 rings (SSSR count). The highest BCUT2D eigenvalue weighted by Crippen LogP contribution is 2.43. The van der Waals surface area contributed by atoms with Gasteiger partial charge in [-0.2, -0.15) is 13.2 Å². The summed E-state index contributed by atoms with van der Waals surface area (Å²) in [5.74, 6) is 0. The highest BCUT2D eigenvalue weighted by atomic mass is 19.4. The molecule has 0 spiro atoms. The lowest BCUT2D eigenvalue weighted by Crippen LogP contribution is -2.50. The van der Waals surface area contributed by atoms with Crippen LogP contribution in [-0.4, -0.2) is 31.0 Å². The van der Waals surface area contributed by atoms with Gasteiger partial charge in [0.05, 0.1) is 6.61 Å². The Morgan fingerprint density at radius 2 is 2.18 bits per heavy atom. The highest BCUT2D eigenvalue weighted by Gasteiger charge is 2.63. The van der Waals surface area contributed by atoms with E-state index < -0.39 is 11.8 Å². The summed E-state index contributed by atoms with van der Waals surface area (Å²) in [5.41, 5.74) is -1.86. The molecular formula is C6H8F3NO. The van der Waals surface area contributed by atoms with Crippen LogP contribution in [0.4, 0.5) is 13.2 Å². The summed E-state index contributed by atoms with van der Waals surface area (Å²) in [7, 11) is 0. The van der Waals surface area contributed by atoms with Crippen molar-refractivity contribution in [3.8, 4) is 0 Å². The zero-order chi connectivity index (χ0) is 8.11. The molecule has 2 saturated heterocycles. The van der Waals surface area contributed by atoms with E-state index in [9.17, 15) is 13.2 Å². The highest BCUT2D eigenvalue weighted by molar-refractivity contribution is 5.05. The van der Waals surface area contributed by atoms with Crippen LogP contribution in [0.1, 0.15) is 6.42 Å². The number of nitrogens with one attached hydrogen (secondary N) is 1. The Labute approximate surface area is 61.7 Å². The van der Waals surface area contributed by atoms with E-state index in [0.717, 1.165) is 0 Å². The molecule has 0 aromatic heterocycles. The number of ether oxygens (including phenoxy) is 1. The molecule has 2 aliphatic rings. The Balaban J connectivity index is 2.23. The Morgan fingerprint density at radius 1 is 1.45 bits per heavy atom. The third-order valence-electron chi connectivity index (χ3n) is 2.33. The SMILES string of the molecule is FC(F)(F)[C@]12CN[C@H](CO1)C2. The zero-order valence-electron chi connectivity index (χ0n) is 5.74. The van der Waals surface area contributed by atoms with E-state index in [0.29, 0.717) is 0 Å². The number of hydrogen-bond acceptors (Lipinski definition) is 2. The standard InChI is InChI=1S/C6H8F3NO/c7-6(8,9)5-1-4(2-11-5)10-3-5/h4,10H,1-3H2/t4-,5-/m0/s1. The van der Waals surface area contributed by atoms with Gasteiger partial charge in [0.25, 0.3) is 0 Å². The normalized spacial score (nSPS) is 43.4. The van der Waals surface area contributed by atoms with E-state index in [1.807, 2.05) is 0 Å². The monoisotopic (exact) mass is 167 g/mol. The van der Waals surface area contributed by atoms with Crippen molar-refractivity contribution in [2.75, 3.05) is 13.2 Å². The predicted octanol–water partition coefficient (Wildman–Crippen LogP) is 0.680. The van der Waals surface area contributed by atoms with Crippen molar-refractivity contribution in [2.45, 2.75) is 24.2 Å². The maximum Gasteiger partial charge on any atom is 0.418 e. The molecule has 0 unspecified atom stereocenters. The lowest BCUT2D eigenvalue weighted by Gasteiger charge is -2.28. The van der Waals surface area contributed by atoms with Crippen LogP contribution >= 0.6 is 0 Å². The molecule has 5 heteroatoms. The molecule has 2 aliphatic heterocycles. The minimum absolute atomic E-state index is 0.0799. The van der Waals surface area contributed by atoms with E-state index >= 15 is 0 Å². The van der Waals surface area contributed by atoms with Crippen molar-refractivity contribution in [2.24, 2.45) is 0 Å². The number of fused-ring (bicyclic) bond motifs is 2. The molecule has 1 N–H and O–H groups in total. The minimum atomic E-state index is -4.22. The lowest BCUT2D eigenvalue weighted by molar-refractivity contribution is -0.259. The second kappa shape index (κ2) is 1.90. The molecule has 0 aromatic carbocycles. The third-order valence-corrected chi connectivity index (χ3v) is 2.33. The van der Waals surface area contributed by atoms with Gasteiger partial charge >= 0.3 is 6.18 Å². The molecule has 2 atom stereocenters. The third kappa shape index (κ3) is 0.873. The van der Waals surface area contributed by atoms with Crippen molar-refractivity contribution in [3.63, 3.8) is 0 Å². The smallest absolute Gasteiger partial charge is 0.362 e. The topological polar surface area (TPSA) is 21.3 Å². The molecule has 0 radical (unpaired) electrons. The molecule has 64 valence electrons. The second-order valence-electron chi connectivity index (χ2n) is 3.09. The van der Waals surface area contributed by atoms with E-state index in [1.54, 1.807) is 0 Å². The van der Waals surface area contributed by atoms with Crippen LogP contribution in [0, 0.1) is 0 Å². The Morgan fingerprint density at radius 3 is 2.36 bits per heavy atom. The van der Waals surface area contributed by atoms with Crippen molar-refractivity contribution < 1.29 is 17.9 Å². The van der Waals surface area contributed by atoms with Crippen LogP contribution in [-0.2, 0) is 4.74 Å². The van der Waals surface area contributed by atoms with Crippen LogP contribution in [0.5, 0.6) is 0 Å². The maximum atomic E-state index is 12.3. The van der Waals surface area contributed by atoms with E-state index in [4.69, 9.17) is 4.74 Å². The summed E-state index contributed by atoms with van der Waals surface area (Å²) in [4.78, 5) is 0. The minimum Gasteiger partial charge on any atom is -0.362 e. The predicted molar refractivity (Wildman–Crippen MR) is 31.1 cm³/mol. The van der Waals surface area contributed by atoms with Crippen molar-refractivity contribution in [3.05, 3.63) is 0 Å². The second-order valence-corrected chi connectivity index (χ2v) is 3.09. The van der Waals surface area contributed by atoms with Crippen LogP contribution in [0.2, 0.25) is 0 Å². The molecule has 2 bridgehead atoms. The van der Waals surface area contributed by atoms with E-state index in [1.165, 1.54) is 0 Å². The van der Waals surface area contributed by atoms with Crippen molar-refractivity contribution in [1.82, 2.24) is 5.32 Å². The molecule has 0 aromatic rings. The van der Waals surface area contributed by atoms with E-state index in [-0.39, 0.29) is 25.6 Å². The number of alkyl halides is 3. The first-order chi connectivity index (χ1) is 5.04.